The summed E-state index contributed by atoms with van der Waals surface area (Å²) in [5, 5.41) is 13.4. The number of ether oxygens (including phenoxy) is 1. The Morgan fingerprint density at radius 2 is 1.91 bits per heavy atom. The van der Waals surface area contributed by atoms with Crippen molar-refractivity contribution in [2.45, 2.75) is 84.3 Å². The first-order valence-electron chi connectivity index (χ1n) is 12.4. The number of carbonyl (C=O) groups is 3. The molecule has 0 aromatic rings. The van der Waals surface area contributed by atoms with Gasteiger partial charge in [0.1, 0.15) is 6.04 Å². The van der Waals surface area contributed by atoms with Crippen LogP contribution < -0.4 is 5.32 Å². The highest BCUT2D eigenvalue weighted by Gasteiger charge is 2.58. The fourth-order valence-corrected chi connectivity index (χ4v) is 5.89. The van der Waals surface area contributed by atoms with Gasteiger partial charge in [-0.2, -0.15) is 0 Å². The van der Waals surface area contributed by atoms with Crippen LogP contribution in [0.3, 0.4) is 0 Å². The molecule has 7 heteroatoms. The van der Waals surface area contributed by atoms with Crippen LogP contribution in [0.2, 0.25) is 0 Å². The summed E-state index contributed by atoms with van der Waals surface area (Å²) in [7, 11) is 0. The van der Waals surface area contributed by atoms with Crippen molar-refractivity contribution in [3.63, 3.8) is 0 Å². The summed E-state index contributed by atoms with van der Waals surface area (Å²) in [5.74, 6) is -2.33. The second-order valence-electron chi connectivity index (χ2n) is 10.1. The molecule has 0 unspecified atom stereocenters. The van der Waals surface area contributed by atoms with Gasteiger partial charge in [-0.15, -0.1) is 0 Å². The lowest BCUT2D eigenvalue weighted by atomic mass is 9.70. The van der Waals surface area contributed by atoms with Crippen LogP contribution in [-0.4, -0.2) is 59.1 Å². The average Bonchev–Trinajstić information content (AvgIpc) is 3.05. The molecule has 2 N–H and O–H groups in total. The number of esters is 1. The summed E-state index contributed by atoms with van der Waals surface area (Å²) in [5.41, 5.74) is 0. The van der Waals surface area contributed by atoms with Gasteiger partial charge < -0.3 is 20.1 Å². The Morgan fingerprint density at radius 1 is 1.22 bits per heavy atom. The van der Waals surface area contributed by atoms with Crippen molar-refractivity contribution in [3.8, 4) is 0 Å². The first kappa shape index (κ1) is 24.7. The molecule has 0 spiro atoms. The predicted octanol–water partition coefficient (Wildman–Crippen LogP) is 2.67. The van der Waals surface area contributed by atoms with Crippen LogP contribution in [0.4, 0.5) is 0 Å². The summed E-state index contributed by atoms with van der Waals surface area (Å²) in [6.45, 7) is 7.79. The quantitative estimate of drug-likeness (QED) is 0.440. The molecule has 2 amide bonds. The Bertz CT molecular complexity index is 715. The van der Waals surface area contributed by atoms with E-state index in [9.17, 15) is 19.5 Å². The van der Waals surface area contributed by atoms with Gasteiger partial charge in [-0.25, -0.2) is 0 Å². The van der Waals surface area contributed by atoms with Crippen LogP contribution in [0.5, 0.6) is 0 Å². The van der Waals surface area contributed by atoms with Crippen LogP contribution in [0.25, 0.3) is 0 Å². The van der Waals surface area contributed by atoms with Crippen LogP contribution in [0, 0.1) is 29.6 Å². The molecule has 1 heterocycles. The van der Waals surface area contributed by atoms with Crippen molar-refractivity contribution < 1.29 is 24.2 Å². The topological polar surface area (TPSA) is 95.9 Å². The second kappa shape index (κ2) is 10.8. The van der Waals surface area contributed by atoms with E-state index < -0.39 is 29.8 Å². The lowest BCUT2D eigenvalue weighted by Crippen LogP contribution is -2.54. The number of hydrogen-bond acceptors (Lipinski definition) is 5. The van der Waals surface area contributed by atoms with E-state index in [4.69, 9.17) is 4.74 Å². The van der Waals surface area contributed by atoms with E-state index in [2.05, 4.69) is 5.32 Å². The summed E-state index contributed by atoms with van der Waals surface area (Å²) in [6, 6.07) is -1.05. The smallest absolute Gasteiger partial charge is 0.310 e. The maximum absolute atomic E-state index is 13.8. The molecule has 1 saturated carbocycles. The van der Waals surface area contributed by atoms with Crippen molar-refractivity contribution in [2.75, 3.05) is 13.2 Å². The largest absolute Gasteiger partial charge is 0.466 e. The zero-order valence-corrected chi connectivity index (χ0v) is 20.0. The number of fused-ring (bicyclic) bond motifs is 1. The van der Waals surface area contributed by atoms with Crippen LogP contribution in [0.1, 0.15) is 66.2 Å². The average molecular weight is 449 g/mol. The van der Waals surface area contributed by atoms with E-state index in [0.29, 0.717) is 6.42 Å². The minimum atomic E-state index is -0.717. The third-order valence-electron chi connectivity index (χ3n) is 7.34. The number of nitrogens with zero attached hydrogens (tertiary/aromatic N) is 1. The molecule has 0 bridgehead atoms. The summed E-state index contributed by atoms with van der Waals surface area (Å²) < 4.78 is 5.32. The van der Waals surface area contributed by atoms with E-state index in [-0.39, 0.29) is 48.9 Å². The maximum atomic E-state index is 13.8. The molecule has 3 aliphatic rings. The molecule has 2 aliphatic carbocycles. The highest BCUT2D eigenvalue weighted by molar-refractivity contribution is 5.96. The fourth-order valence-electron chi connectivity index (χ4n) is 5.89. The van der Waals surface area contributed by atoms with Crippen molar-refractivity contribution in [1.29, 1.82) is 0 Å². The predicted molar refractivity (Wildman–Crippen MR) is 121 cm³/mol. The molecule has 3 rings (SSSR count). The number of rotatable bonds is 8. The number of likely N-dealkylation sites (tertiary alicyclic amines) is 1. The van der Waals surface area contributed by atoms with Gasteiger partial charge in [-0.3, -0.25) is 14.4 Å². The lowest BCUT2D eigenvalue weighted by Gasteiger charge is -2.35. The molecule has 1 aliphatic heterocycles. The van der Waals surface area contributed by atoms with Gasteiger partial charge in [0, 0.05) is 12.0 Å². The van der Waals surface area contributed by atoms with Crippen molar-refractivity contribution in [3.05, 3.63) is 12.2 Å². The Kier molecular flexibility index (Phi) is 8.37. The second-order valence-corrected chi connectivity index (χ2v) is 10.1. The van der Waals surface area contributed by atoms with Gasteiger partial charge in [0.25, 0.3) is 0 Å². The Labute approximate surface area is 191 Å². The molecule has 180 valence electrons. The minimum Gasteiger partial charge on any atom is -0.466 e. The summed E-state index contributed by atoms with van der Waals surface area (Å²) >= 11 is 0. The highest BCUT2D eigenvalue weighted by atomic mass is 16.5. The van der Waals surface area contributed by atoms with Crippen molar-refractivity contribution in [1.82, 2.24) is 10.2 Å². The van der Waals surface area contributed by atoms with E-state index in [1.54, 1.807) is 11.8 Å². The van der Waals surface area contributed by atoms with Gasteiger partial charge in [0.2, 0.25) is 11.8 Å². The van der Waals surface area contributed by atoms with Gasteiger partial charge in [0.05, 0.1) is 31.1 Å². The van der Waals surface area contributed by atoms with E-state index in [0.717, 1.165) is 25.7 Å². The number of allylic oxidation sites excluding steroid dienone is 1. The minimum absolute atomic E-state index is 0.122. The van der Waals surface area contributed by atoms with Gasteiger partial charge in [-0.05, 0) is 38.0 Å². The number of aliphatic hydroxyl groups excluding tert-OH is 1. The Morgan fingerprint density at radius 3 is 2.50 bits per heavy atom. The third kappa shape index (κ3) is 5.03. The summed E-state index contributed by atoms with van der Waals surface area (Å²) in [4.78, 5) is 41.8. The third-order valence-corrected chi connectivity index (χ3v) is 7.34. The molecule has 32 heavy (non-hydrogen) atoms. The normalized spacial score (nSPS) is 31.5. The molecule has 6 atom stereocenters. The van der Waals surface area contributed by atoms with Gasteiger partial charge in [-0.1, -0.05) is 52.2 Å². The number of carbonyl (C=O) groups excluding carboxylic acids is 3. The van der Waals surface area contributed by atoms with Gasteiger partial charge >= 0.3 is 5.97 Å². The number of aliphatic hydroxyl groups is 1. The zero-order chi connectivity index (χ0) is 23.4. The molecule has 7 nitrogen and oxygen atoms in total. The molecule has 0 aromatic carbocycles. The van der Waals surface area contributed by atoms with E-state index in [1.165, 1.54) is 6.42 Å². The van der Waals surface area contributed by atoms with Crippen LogP contribution >= 0.6 is 0 Å². The molecule has 2 fully saturated rings. The Balaban J connectivity index is 1.96. The number of hydrogen-bond donors (Lipinski definition) is 2. The zero-order valence-electron chi connectivity index (χ0n) is 20.0. The van der Waals surface area contributed by atoms with Crippen LogP contribution in [-0.2, 0) is 19.1 Å². The van der Waals surface area contributed by atoms with Gasteiger partial charge in [0.15, 0.2) is 0 Å². The Hall–Kier alpha value is -1.89. The molecule has 0 aromatic heterocycles. The standard InChI is InChI=1S/C25H40N2O5/c1-5-32-25(31)20-16(4)11-12-19-21(20)24(30)27(18(14-28)13-15(2)3)22(19)23(29)26-17-9-7-6-8-10-17/h11-12,15-22,28H,5-10,13-14H2,1-4H3,(H,26,29)/t16-,18-,19+,20-,21+,22+/m1/s1. The molecule has 1 saturated heterocycles. The SMILES string of the molecule is CCOC(=O)[C@H]1[C@H]2C(=O)N([C@@H](CO)CC(C)C)[C@H](C(=O)NC3CCCCC3)[C@H]2C=C[C@H]1C. The molecular weight excluding hydrogens is 408 g/mol. The first-order valence-corrected chi connectivity index (χ1v) is 12.4. The fraction of sp³-hybridized carbons (Fsp3) is 0.800. The van der Waals surface area contributed by atoms with E-state index >= 15 is 0 Å². The van der Waals surface area contributed by atoms with Crippen LogP contribution in [0.15, 0.2) is 12.2 Å². The first-order chi connectivity index (χ1) is 15.3. The maximum Gasteiger partial charge on any atom is 0.310 e. The highest BCUT2D eigenvalue weighted by Crippen LogP contribution is 2.45. The van der Waals surface area contributed by atoms with Crippen molar-refractivity contribution in [2.24, 2.45) is 29.6 Å². The lowest BCUT2D eigenvalue weighted by molar-refractivity contribution is -0.156. The monoisotopic (exact) mass is 448 g/mol. The summed E-state index contributed by atoms with van der Waals surface area (Å²) in [6.07, 6.45) is 9.77. The number of nitrogens with one attached hydrogen (secondary N) is 1. The number of amides is 2. The van der Waals surface area contributed by atoms with Crippen molar-refractivity contribution >= 4 is 17.8 Å². The van der Waals surface area contributed by atoms with E-state index in [1.807, 2.05) is 32.9 Å². The molecule has 0 radical (unpaired) electrons. The molecular formula is C25H40N2O5.